The molecule has 5 nitrogen and oxygen atoms in total. The van der Waals surface area contributed by atoms with Crippen molar-refractivity contribution in [2.75, 3.05) is 18.5 Å². The highest BCUT2D eigenvalue weighted by Gasteiger charge is 2.13. The minimum absolute atomic E-state index is 0.256. The molecule has 1 unspecified atom stereocenters. The van der Waals surface area contributed by atoms with E-state index in [0.29, 0.717) is 12.1 Å². The van der Waals surface area contributed by atoms with Gasteiger partial charge < -0.3 is 10.4 Å². The van der Waals surface area contributed by atoms with E-state index < -0.39 is 23.7 Å². The number of nitrogens with one attached hydrogen (secondary N) is 1. The number of hydrogen-bond donors (Lipinski definition) is 2. The second-order valence-electron chi connectivity index (χ2n) is 4.30. The number of benzene rings is 1. The molecule has 0 bridgehead atoms. The van der Waals surface area contributed by atoms with Crippen molar-refractivity contribution in [3.63, 3.8) is 0 Å². The van der Waals surface area contributed by atoms with Crippen molar-refractivity contribution in [1.82, 2.24) is 5.32 Å². The molecule has 1 atom stereocenters. The topological polar surface area (TPSA) is 69.6 Å². The molecule has 0 saturated heterocycles. The van der Waals surface area contributed by atoms with Crippen LogP contribution >= 0.6 is 0 Å². The first-order valence-corrected chi connectivity index (χ1v) is 5.91. The van der Waals surface area contributed by atoms with Gasteiger partial charge in [0, 0.05) is 19.3 Å². The Labute approximate surface area is 111 Å². The summed E-state index contributed by atoms with van der Waals surface area (Å²) in [5.74, 6) is -1.83. The largest absolute Gasteiger partial charge is 0.481 e. The summed E-state index contributed by atoms with van der Waals surface area (Å²) in [5, 5.41) is 11.3. The van der Waals surface area contributed by atoms with Gasteiger partial charge in [-0.2, -0.15) is 0 Å². The average molecular weight is 268 g/mol. The summed E-state index contributed by atoms with van der Waals surface area (Å²) >= 11 is 0. The molecule has 1 aromatic carbocycles. The van der Waals surface area contributed by atoms with E-state index in [0.717, 1.165) is 0 Å². The van der Waals surface area contributed by atoms with Crippen LogP contribution in [0.25, 0.3) is 0 Å². The van der Waals surface area contributed by atoms with Gasteiger partial charge in [-0.1, -0.05) is 13.0 Å². The fraction of sp³-hybridized carbons (Fsp3) is 0.385. The zero-order valence-electron chi connectivity index (χ0n) is 10.9. The number of urea groups is 1. The SMILES string of the molecule is CC(CCNC(=O)N(C)c1cccc(F)c1)C(=O)O. The molecular formula is C13H17FN2O3. The van der Waals surface area contributed by atoms with Crippen LogP contribution in [0.3, 0.4) is 0 Å². The highest BCUT2D eigenvalue weighted by Crippen LogP contribution is 2.13. The Bertz CT molecular complexity index is 465. The number of carboxylic acid groups (broad SMARTS) is 1. The van der Waals surface area contributed by atoms with Crippen LogP contribution in [-0.4, -0.2) is 30.7 Å². The molecule has 19 heavy (non-hydrogen) atoms. The molecule has 0 radical (unpaired) electrons. The zero-order valence-corrected chi connectivity index (χ0v) is 10.9. The first-order chi connectivity index (χ1) is 8.91. The van der Waals surface area contributed by atoms with E-state index in [1.807, 2.05) is 0 Å². The Kier molecular flexibility index (Phi) is 5.29. The number of carboxylic acids is 1. The normalized spacial score (nSPS) is 11.7. The van der Waals surface area contributed by atoms with Gasteiger partial charge in [0.2, 0.25) is 0 Å². The van der Waals surface area contributed by atoms with Crippen LogP contribution in [0.1, 0.15) is 13.3 Å². The maximum atomic E-state index is 13.0. The molecule has 104 valence electrons. The fourth-order valence-electron chi connectivity index (χ4n) is 1.44. The van der Waals surface area contributed by atoms with Crippen LogP contribution in [-0.2, 0) is 4.79 Å². The molecule has 2 amide bonds. The second kappa shape index (κ2) is 6.72. The average Bonchev–Trinajstić information content (AvgIpc) is 2.37. The van der Waals surface area contributed by atoms with E-state index in [2.05, 4.69) is 5.32 Å². The summed E-state index contributed by atoms with van der Waals surface area (Å²) in [7, 11) is 1.52. The van der Waals surface area contributed by atoms with Gasteiger partial charge in [0.25, 0.3) is 0 Å². The Morgan fingerprint density at radius 3 is 2.74 bits per heavy atom. The molecule has 0 saturated carbocycles. The molecule has 0 aromatic heterocycles. The van der Waals surface area contributed by atoms with Crippen molar-refractivity contribution in [3.8, 4) is 0 Å². The molecule has 1 rings (SSSR count). The predicted octanol–water partition coefficient (Wildman–Crippen LogP) is 2.08. The summed E-state index contributed by atoms with van der Waals surface area (Å²) in [6, 6.07) is 5.27. The van der Waals surface area contributed by atoms with E-state index in [-0.39, 0.29) is 6.54 Å². The van der Waals surface area contributed by atoms with Crippen LogP contribution in [0.15, 0.2) is 24.3 Å². The van der Waals surface area contributed by atoms with Crippen LogP contribution in [0.4, 0.5) is 14.9 Å². The lowest BCUT2D eigenvalue weighted by atomic mass is 10.1. The maximum Gasteiger partial charge on any atom is 0.321 e. The first kappa shape index (κ1) is 14.9. The summed E-state index contributed by atoms with van der Waals surface area (Å²) < 4.78 is 13.0. The summed E-state index contributed by atoms with van der Waals surface area (Å²) in [5.41, 5.74) is 0.434. The Hall–Kier alpha value is -2.11. The number of halogens is 1. The lowest BCUT2D eigenvalue weighted by Crippen LogP contribution is -2.38. The highest BCUT2D eigenvalue weighted by molar-refractivity contribution is 5.91. The number of nitrogens with zero attached hydrogens (tertiary/aromatic N) is 1. The van der Waals surface area contributed by atoms with Gasteiger partial charge in [-0.15, -0.1) is 0 Å². The summed E-state index contributed by atoms with van der Waals surface area (Å²) in [6.07, 6.45) is 0.345. The quantitative estimate of drug-likeness (QED) is 0.859. The van der Waals surface area contributed by atoms with E-state index in [1.54, 1.807) is 13.0 Å². The highest BCUT2D eigenvalue weighted by atomic mass is 19.1. The monoisotopic (exact) mass is 268 g/mol. The summed E-state index contributed by atoms with van der Waals surface area (Å²) in [4.78, 5) is 23.6. The number of amides is 2. The van der Waals surface area contributed by atoms with Gasteiger partial charge in [0.15, 0.2) is 0 Å². The van der Waals surface area contributed by atoms with Gasteiger partial charge >= 0.3 is 12.0 Å². The molecule has 0 fully saturated rings. The van der Waals surface area contributed by atoms with Gasteiger partial charge in [-0.25, -0.2) is 9.18 Å². The van der Waals surface area contributed by atoms with Crippen molar-refractivity contribution in [2.45, 2.75) is 13.3 Å². The maximum absolute atomic E-state index is 13.0. The van der Waals surface area contributed by atoms with Gasteiger partial charge in [-0.05, 0) is 24.6 Å². The van der Waals surface area contributed by atoms with Gasteiger partial charge in [0.1, 0.15) is 5.82 Å². The third-order valence-electron chi connectivity index (χ3n) is 2.78. The van der Waals surface area contributed by atoms with Gasteiger partial charge in [-0.3, -0.25) is 9.69 Å². The lowest BCUT2D eigenvalue weighted by Gasteiger charge is -2.18. The second-order valence-corrected chi connectivity index (χ2v) is 4.30. The predicted molar refractivity (Wildman–Crippen MR) is 69.6 cm³/mol. The number of carbonyl (C=O) groups excluding carboxylic acids is 1. The summed E-state index contributed by atoms with van der Waals surface area (Å²) in [6.45, 7) is 1.83. The van der Waals surface area contributed by atoms with E-state index in [1.165, 1.54) is 30.1 Å². The molecule has 0 heterocycles. The van der Waals surface area contributed by atoms with Gasteiger partial charge in [0.05, 0.1) is 5.92 Å². The number of rotatable bonds is 5. The lowest BCUT2D eigenvalue weighted by molar-refractivity contribution is -0.141. The Morgan fingerprint density at radius 2 is 2.16 bits per heavy atom. The Balaban J connectivity index is 2.47. The molecule has 0 aliphatic heterocycles. The number of anilines is 1. The van der Waals surface area contributed by atoms with Crippen molar-refractivity contribution in [1.29, 1.82) is 0 Å². The smallest absolute Gasteiger partial charge is 0.321 e. The van der Waals surface area contributed by atoms with Crippen LogP contribution in [0.2, 0.25) is 0 Å². The Morgan fingerprint density at radius 1 is 1.47 bits per heavy atom. The third kappa shape index (κ3) is 4.57. The van der Waals surface area contributed by atoms with Crippen molar-refractivity contribution >= 4 is 17.7 Å². The van der Waals surface area contributed by atoms with Crippen molar-refractivity contribution in [2.24, 2.45) is 5.92 Å². The van der Waals surface area contributed by atoms with Crippen molar-refractivity contribution < 1.29 is 19.1 Å². The van der Waals surface area contributed by atoms with Crippen LogP contribution < -0.4 is 10.2 Å². The molecule has 0 aliphatic carbocycles. The first-order valence-electron chi connectivity index (χ1n) is 5.91. The molecule has 0 spiro atoms. The zero-order chi connectivity index (χ0) is 14.4. The van der Waals surface area contributed by atoms with Crippen LogP contribution in [0, 0.1) is 11.7 Å². The van der Waals surface area contributed by atoms with Crippen molar-refractivity contribution in [3.05, 3.63) is 30.1 Å². The molecule has 1 aromatic rings. The van der Waals surface area contributed by atoms with E-state index >= 15 is 0 Å². The minimum atomic E-state index is -0.896. The number of carbonyl (C=O) groups is 2. The minimum Gasteiger partial charge on any atom is -0.481 e. The molecule has 6 heteroatoms. The van der Waals surface area contributed by atoms with Crippen LogP contribution in [0.5, 0.6) is 0 Å². The van der Waals surface area contributed by atoms with E-state index in [4.69, 9.17) is 5.11 Å². The molecule has 2 N–H and O–H groups in total. The molecular weight excluding hydrogens is 251 g/mol. The third-order valence-corrected chi connectivity index (χ3v) is 2.78. The molecule has 0 aliphatic rings. The van der Waals surface area contributed by atoms with E-state index in [9.17, 15) is 14.0 Å². The standard InChI is InChI=1S/C13H17FN2O3/c1-9(12(17)18)6-7-15-13(19)16(2)11-5-3-4-10(14)8-11/h3-5,8-9H,6-7H2,1-2H3,(H,15,19)(H,17,18). The number of aliphatic carboxylic acids is 1. The number of hydrogen-bond acceptors (Lipinski definition) is 2. The fourth-order valence-corrected chi connectivity index (χ4v) is 1.44.